The first-order valence-corrected chi connectivity index (χ1v) is 9.44. The van der Waals surface area contributed by atoms with Gasteiger partial charge in [-0.25, -0.2) is 4.79 Å². The summed E-state index contributed by atoms with van der Waals surface area (Å²) in [6.45, 7) is -0.438. The van der Waals surface area contributed by atoms with Gasteiger partial charge in [-0.05, 0) is 35.9 Å². The molecule has 30 heavy (non-hydrogen) atoms. The highest BCUT2D eigenvalue weighted by atomic mass is 32.1. The topological polar surface area (TPSA) is 109 Å². The molecule has 1 amide bonds. The van der Waals surface area contributed by atoms with E-state index in [2.05, 4.69) is 14.1 Å². The number of nitrogens with zero attached hydrogens (tertiary/aromatic N) is 2. The number of anilines is 1. The van der Waals surface area contributed by atoms with Crippen molar-refractivity contribution in [3.63, 3.8) is 0 Å². The number of hydrogen-bond acceptors (Lipinski definition) is 9. The van der Waals surface area contributed by atoms with Crippen LogP contribution in [0.2, 0.25) is 0 Å². The van der Waals surface area contributed by atoms with Gasteiger partial charge in [0, 0.05) is 6.08 Å². The summed E-state index contributed by atoms with van der Waals surface area (Å²) in [5.41, 5.74) is 2.41. The van der Waals surface area contributed by atoms with Gasteiger partial charge in [0.25, 0.3) is 5.91 Å². The Labute approximate surface area is 176 Å². The smallest absolute Gasteiger partial charge is 0.331 e. The van der Waals surface area contributed by atoms with Gasteiger partial charge in [0.1, 0.15) is 11.0 Å². The highest BCUT2D eigenvalue weighted by Gasteiger charge is 2.13. The normalized spacial score (nSPS) is 10.8. The van der Waals surface area contributed by atoms with Crippen LogP contribution in [0.25, 0.3) is 17.1 Å². The van der Waals surface area contributed by atoms with E-state index in [0.717, 1.165) is 11.7 Å². The Hall–Kier alpha value is -3.66. The number of methoxy groups -OCH3 is 3. The number of amides is 1. The van der Waals surface area contributed by atoms with Gasteiger partial charge in [-0.1, -0.05) is 6.07 Å². The number of ether oxygens (including phenoxy) is 4. The van der Waals surface area contributed by atoms with Crippen LogP contribution in [0.4, 0.5) is 5.69 Å². The maximum absolute atomic E-state index is 12.1. The van der Waals surface area contributed by atoms with E-state index in [9.17, 15) is 9.59 Å². The van der Waals surface area contributed by atoms with Crippen LogP contribution in [-0.4, -0.2) is 48.6 Å². The van der Waals surface area contributed by atoms with Crippen molar-refractivity contribution in [2.75, 3.05) is 33.3 Å². The first kappa shape index (κ1) is 21.1. The molecule has 1 aromatic heterocycles. The molecule has 0 bridgehead atoms. The zero-order chi connectivity index (χ0) is 21.5. The molecule has 0 aliphatic rings. The fraction of sp³-hybridized carbons (Fsp3) is 0.200. The Morgan fingerprint density at radius 3 is 2.47 bits per heavy atom. The van der Waals surface area contributed by atoms with E-state index in [1.807, 2.05) is 0 Å². The highest BCUT2D eigenvalue weighted by molar-refractivity contribution is 7.00. The van der Waals surface area contributed by atoms with Gasteiger partial charge >= 0.3 is 5.97 Å². The SMILES string of the molecule is COc1cc(/C=C/C(=O)OCC(=O)Nc2cccc3nsnc23)cc(OC)c1OC. The Morgan fingerprint density at radius 2 is 1.80 bits per heavy atom. The number of aromatic nitrogens is 2. The molecule has 0 saturated carbocycles. The van der Waals surface area contributed by atoms with Crippen LogP contribution in [-0.2, 0) is 14.3 Å². The van der Waals surface area contributed by atoms with Crippen molar-refractivity contribution in [2.45, 2.75) is 0 Å². The maximum Gasteiger partial charge on any atom is 0.331 e. The van der Waals surface area contributed by atoms with Gasteiger partial charge in [0.05, 0.1) is 38.7 Å². The molecule has 3 rings (SSSR count). The minimum absolute atomic E-state index is 0.438. The minimum Gasteiger partial charge on any atom is -0.493 e. The average molecular weight is 429 g/mol. The molecule has 1 N–H and O–H groups in total. The van der Waals surface area contributed by atoms with Gasteiger partial charge in [0.15, 0.2) is 18.1 Å². The van der Waals surface area contributed by atoms with Crippen molar-refractivity contribution in [3.8, 4) is 17.2 Å². The van der Waals surface area contributed by atoms with Gasteiger partial charge in [-0.15, -0.1) is 0 Å². The number of hydrogen-bond donors (Lipinski definition) is 1. The number of esters is 1. The first-order valence-electron chi connectivity index (χ1n) is 8.71. The van der Waals surface area contributed by atoms with E-state index in [1.54, 1.807) is 30.3 Å². The van der Waals surface area contributed by atoms with Crippen molar-refractivity contribution in [2.24, 2.45) is 0 Å². The fourth-order valence-electron chi connectivity index (χ4n) is 2.64. The number of carbonyl (C=O) groups excluding carboxylic acids is 2. The van der Waals surface area contributed by atoms with E-state index in [-0.39, 0.29) is 0 Å². The van der Waals surface area contributed by atoms with Crippen LogP contribution in [0.3, 0.4) is 0 Å². The quantitative estimate of drug-likeness (QED) is 0.430. The van der Waals surface area contributed by atoms with Crippen molar-refractivity contribution < 1.29 is 28.5 Å². The lowest BCUT2D eigenvalue weighted by molar-refractivity contribution is -0.142. The largest absolute Gasteiger partial charge is 0.493 e. The molecule has 0 saturated heterocycles. The summed E-state index contributed by atoms with van der Waals surface area (Å²) in [5, 5.41) is 2.66. The molecule has 156 valence electrons. The van der Waals surface area contributed by atoms with Crippen LogP contribution in [0.15, 0.2) is 36.4 Å². The molecule has 3 aromatic rings. The van der Waals surface area contributed by atoms with E-state index in [0.29, 0.717) is 39.5 Å². The molecule has 0 unspecified atom stereocenters. The number of benzene rings is 2. The second kappa shape index (κ2) is 9.70. The van der Waals surface area contributed by atoms with Gasteiger partial charge in [0.2, 0.25) is 5.75 Å². The predicted molar refractivity (Wildman–Crippen MR) is 112 cm³/mol. The summed E-state index contributed by atoms with van der Waals surface area (Å²) >= 11 is 1.05. The third-order valence-electron chi connectivity index (χ3n) is 4.00. The Morgan fingerprint density at radius 1 is 1.07 bits per heavy atom. The van der Waals surface area contributed by atoms with Crippen molar-refractivity contribution in [1.29, 1.82) is 0 Å². The third kappa shape index (κ3) is 4.84. The zero-order valence-corrected chi connectivity index (χ0v) is 17.3. The lowest BCUT2D eigenvalue weighted by Crippen LogP contribution is -2.20. The summed E-state index contributed by atoms with van der Waals surface area (Å²) in [6.07, 6.45) is 2.73. The van der Waals surface area contributed by atoms with Crippen LogP contribution >= 0.6 is 11.7 Å². The summed E-state index contributed by atoms with van der Waals surface area (Å²) in [4.78, 5) is 24.1. The molecule has 0 aliphatic carbocycles. The molecule has 0 spiro atoms. The van der Waals surface area contributed by atoms with E-state index in [1.165, 1.54) is 33.5 Å². The maximum atomic E-state index is 12.1. The summed E-state index contributed by atoms with van der Waals surface area (Å²) in [5.74, 6) is 0.198. The Balaban J connectivity index is 1.59. The molecule has 9 nitrogen and oxygen atoms in total. The number of nitrogens with one attached hydrogen (secondary N) is 1. The number of fused-ring (bicyclic) bond motifs is 1. The van der Waals surface area contributed by atoms with Crippen molar-refractivity contribution in [1.82, 2.24) is 8.75 Å². The first-order chi connectivity index (χ1) is 14.5. The number of rotatable bonds is 8. The van der Waals surface area contributed by atoms with E-state index >= 15 is 0 Å². The Kier molecular flexibility index (Phi) is 6.81. The van der Waals surface area contributed by atoms with Crippen LogP contribution < -0.4 is 19.5 Å². The lowest BCUT2D eigenvalue weighted by atomic mass is 10.1. The predicted octanol–water partition coefficient (Wildman–Crippen LogP) is 2.91. The molecule has 10 heteroatoms. The number of carbonyl (C=O) groups is 2. The van der Waals surface area contributed by atoms with Crippen LogP contribution in [0.1, 0.15) is 5.56 Å². The molecule has 0 radical (unpaired) electrons. The fourth-order valence-corrected chi connectivity index (χ4v) is 3.19. The molecule has 1 heterocycles. The summed E-state index contributed by atoms with van der Waals surface area (Å²) in [7, 11) is 4.50. The molecule has 0 aliphatic heterocycles. The second-order valence-electron chi connectivity index (χ2n) is 5.89. The summed E-state index contributed by atoms with van der Waals surface area (Å²) < 4.78 is 29.0. The van der Waals surface area contributed by atoms with Crippen molar-refractivity contribution in [3.05, 3.63) is 42.0 Å². The molecule has 2 aromatic carbocycles. The molecule has 0 atom stereocenters. The molecular formula is C20H19N3O6S. The second-order valence-corrected chi connectivity index (χ2v) is 6.41. The Bertz CT molecular complexity index is 1070. The molecular weight excluding hydrogens is 410 g/mol. The van der Waals surface area contributed by atoms with Gasteiger partial charge in [-0.3, -0.25) is 4.79 Å². The van der Waals surface area contributed by atoms with E-state index < -0.39 is 18.5 Å². The summed E-state index contributed by atoms with van der Waals surface area (Å²) in [6, 6.07) is 8.61. The van der Waals surface area contributed by atoms with Gasteiger partial charge in [-0.2, -0.15) is 8.75 Å². The lowest BCUT2D eigenvalue weighted by Gasteiger charge is -2.12. The zero-order valence-electron chi connectivity index (χ0n) is 16.5. The van der Waals surface area contributed by atoms with Crippen LogP contribution in [0.5, 0.6) is 17.2 Å². The molecule has 0 fully saturated rings. The van der Waals surface area contributed by atoms with Crippen molar-refractivity contribution >= 4 is 46.4 Å². The van der Waals surface area contributed by atoms with Gasteiger partial charge < -0.3 is 24.3 Å². The monoisotopic (exact) mass is 429 g/mol. The van der Waals surface area contributed by atoms with Crippen LogP contribution in [0, 0.1) is 0 Å². The van der Waals surface area contributed by atoms with E-state index in [4.69, 9.17) is 18.9 Å². The average Bonchev–Trinajstić information content (AvgIpc) is 3.25. The highest BCUT2D eigenvalue weighted by Crippen LogP contribution is 2.38. The standard InChI is InChI=1S/C20H19N3O6S/c1-26-15-9-12(10-16(27-2)20(15)28-3)7-8-18(25)29-11-17(24)21-13-5-4-6-14-19(13)23-30-22-14/h4-10H,11H2,1-3H3,(H,21,24)/b8-7+. The minimum atomic E-state index is -0.674. The third-order valence-corrected chi connectivity index (χ3v) is 4.55.